The first-order valence-corrected chi connectivity index (χ1v) is 12.1. The summed E-state index contributed by atoms with van der Waals surface area (Å²) in [6.07, 6.45) is 8.05. The average molecular weight is 467 g/mol. The molecule has 1 saturated carbocycles. The SMILES string of the molecule is N/C=C(\C=Nc1ccc(N)cc1N1CCC2(CC1)CC2)c1cccc(N2CCC(F)(F)CC2)n1. The standard InChI is InChI=1S/C26H32F2N6/c27-26(28)10-14-34(15-11-26)24-3-1-2-21(32-24)19(17-29)18-31-22-5-4-20(30)16-23(22)33-12-8-25(6-7-25)9-13-33/h1-5,16-18H,6-15,29-30H2/b19-17+,31-18?. The molecule has 1 aromatic carbocycles. The van der Waals surface area contributed by atoms with E-state index in [2.05, 4.69) is 9.88 Å². The number of rotatable bonds is 5. The summed E-state index contributed by atoms with van der Waals surface area (Å²) in [4.78, 5) is 13.7. The topological polar surface area (TPSA) is 83.8 Å². The van der Waals surface area contributed by atoms with Gasteiger partial charge >= 0.3 is 0 Å². The molecular weight excluding hydrogens is 434 g/mol. The lowest BCUT2D eigenvalue weighted by Crippen LogP contribution is -2.39. The number of alkyl halides is 2. The van der Waals surface area contributed by atoms with Gasteiger partial charge < -0.3 is 21.3 Å². The first-order chi connectivity index (χ1) is 16.4. The largest absolute Gasteiger partial charge is 0.404 e. The Bertz CT molecular complexity index is 1090. The molecule has 5 rings (SSSR count). The van der Waals surface area contributed by atoms with Gasteiger partial charge in [0.1, 0.15) is 5.82 Å². The number of pyridine rings is 1. The van der Waals surface area contributed by atoms with E-state index in [1.54, 1.807) is 6.21 Å². The molecule has 0 unspecified atom stereocenters. The monoisotopic (exact) mass is 466 g/mol. The van der Waals surface area contributed by atoms with Gasteiger partial charge in [-0.15, -0.1) is 0 Å². The molecule has 0 radical (unpaired) electrons. The zero-order valence-corrected chi connectivity index (χ0v) is 19.4. The van der Waals surface area contributed by atoms with Gasteiger partial charge in [0.15, 0.2) is 0 Å². The van der Waals surface area contributed by atoms with Crippen LogP contribution in [0, 0.1) is 5.41 Å². The van der Waals surface area contributed by atoms with Crippen LogP contribution in [0.2, 0.25) is 0 Å². The molecule has 0 bridgehead atoms. The Morgan fingerprint density at radius 3 is 2.32 bits per heavy atom. The molecule has 34 heavy (non-hydrogen) atoms. The lowest BCUT2D eigenvalue weighted by atomic mass is 9.93. The maximum atomic E-state index is 13.5. The van der Waals surface area contributed by atoms with E-state index in [4.69, 9.17) is 16.5 Å². The molecule has 8 heteroatoms. The molecule has 6 nitrogen and oxygen atoms in total. The second kappa shape index (κ2) is 8.89. The highest BCUT2D eigenvalue weighted by Gasteiger charge is 2.44. The van der Waals surface area contributed by atoms with Gasteiger partial charge in [0, 0.05) is 62.7 Å². The molecule has 2 aliphatic heterocycles. The molecule has 3 aliphatic rings. The van der Waals surface area contributed by atoms with E-state index in [0.717, 1.165) is 30.2 Å². The van der Waals surface area contributed by atoms with Crippen molar-refractivity contribution in [1.29, 1.82) is 0 Å². The van der Waals surface area contributed by atoms with Crippen LogP contribution >= 0.6 is 0 Å². The van der Waals surface area contributed by atoms with Crippen molar-refractivity contribution >= 4 is 34.7 Å². The lowest BCUT2D eigenvalue weighted by Gasteiger charge is -2.34. The molecule has 2 aromatic rings. The van der Waals surface area contributed by atoms with E-state index in [1.165, 1.54) is 31.9 Å². The molecule has 2 saturated heterocycles. The quantitative estimate of drug-likeness (QED) is 0.480. The van der Waals surface area contributed by atoms with Crippen molar-refractivity contribution in [3.05, 3.63) is 48.3 Å². The Hall–Kier alpha value is -3.16. The maximum Gasteiger partial charge on any atom is 0.251 e. The van der Waals surface area contributed by atoms with E-state index >= 15 is 0 Å². The number of halogens is 2. The normalized spacial score (nSPS) is 21.9. The van der Waals surface area contributed by atoms with E-state index in [9.17, 15) is 8.78 Å². The van der Waals surface area contributed by atoms with Crippen LogP contribution in [0.3, 0.4) is 0 Å². The minimum atomic E-state index is -2.59. The number of nitrogens with zero attached hydrogens (tertiary/aromatic N) is 4. The summed E-state index contributed by atoms with van der Waals surface area (Å²) in [5.74, 6) is -1.91. The van der Waals surface area contributed by atoms with Crippen LogP contribution in [-0.4, -0.2) is 43.3 Å². The fraction of sp³-hybridized carbons (Fsp3) is 0.462. The predicted molar refractivity (Wildman–Crippen MR) is 135 cm³/mol. The summed E-state index contributed by atoms with van der Waals surface area (Å²) >= 11 is 0. The van der Waals surface area contributed by atoms with Crippen LogP contribution in [0.25, 0.3) is 5.57 Å². The van der Waals surface area contributed by atoms with E-state index in [1.807, 2.05) is 41.3 Å². The highest BCUT2D eigenvalue weighted by atomic mass is 19.3. The first kappa shape index (κ1) is 22.6. The van der Waals surface area contributed by atoms with Gasteiger partial charge in [-0.2, -0.15) is 0 Å². The van der Waals surface area contributed by atoms with Crippen LogP contribution < -0.4 is 21.3 Å². The third-order valence-electron chi connectivity index (χ3n) is 7.49. The summed E-state index contributed by atoms with van der Waals surface area (Å²) in [7, 11) is 0. The van der Waals surface area contributed by atoms with Crippen molar-refractivity contribution in [3.63, 3.8) is 0 Å². The first-order valence-electron chi connectivity index (χ1n) is 12.1. The Balaban J connectivity index is 1.34. The summed E-state index contributed by atoms with van der Waals surface area (Å²) in [5.41, 5.74) is 16.6. The third-order valence-corrected chi connectivity index (χ3v) is 7.49. The van der Waals surface area contributed by atoms with Crippen LogP contribution in [0.1, 0.15) is 44.2 Å². The van der Waals surface area contributed by atoms with Gasteiger partial charge in [-0.05, 0) is 61.4 Å². The zero-order valence-electron chi connectivity index (χ0n) is 19.4. The number of aliphatic imine (C=N–C) groups is 1. The minimum Gasteiger partial charge on any atom is -0.404 e. The zero-order chi connectivity index (χ0) is 23.8. The molecule has 3 heterocycles. The van der Waals surface area contributed by atoms with Crippen LogP contribution in [0.4, 0.5) is 31.7 Å². The van der Waals surface area contributed by atoms with Gasteiger partial charge in [0.25, 0.3) is 5.92 Å². The molecule has 1 spiro atoms. The average Bonchev–Trinajstić information content (AvgIpc) is 3.59. The summed E-state index contributed by atoms with van der Waals surface area (Å²) in [6.45, 7) is 2.60. The second-order valence-corrected chi connectivity index (χ2v) is 9.84. The third kappa shape index (κ3) is 4.86. The fourth-order valence-corrected chi connectivity index (χ4v) is 4.96. The number of nitrogens with two attached hydrogens (primary N) is 2. The van der Waals surface area contributed by atoms with Crippen molar-refractivity contribution in [3.8, 4) is 0 Å². The fourth-order valence-electron chi connectivity index (χ4n) is 4.96. The number of hydrogen-bond acceptors (Lipinski definition) is 6. The number of benzene rings is 1. The van der Waals surface area contributed by atoms with E-state index in [-0.39, 0.29) is 25.9 Å². The van der Waals surface area contributed by atoms with Crippen molar-refractivity contribution in [1.82, 2.24) is 4.98 Å². The van der Waals surface area contributed by atoms with Gasteiger partial charge in [-0.3, -0.25) is 4.99 Å². The molecule has 1 aromatic heterocycles. The molecule has 1 aliphatic carbocycles. The van der Waals surface area contributed by atoms with Crippen molar-refractivity contribution in [2.24, 2.45) is 16.1 Å². The van der Waals surface area contributed by atoms with Crippen LogP contribution in [0.5, 0.6) is 0 Å². The number of nitrogen functional groups attached to an aromatic ring is 1. The van der Waals surface area contributed by atoms with Gasteiger partial charge in [-0.25, -0.2) is 13.8 Å². The minimum absolute atomic E-state index is 0.155. The van der Waals surface area contributed by atoms with Crippen molar-refractivity contribution in [2.75, 3.05) is 41.7 Å². The smallest absolute Gasteiger partial charge is 0.251 e. The van der Waals surface area contributed by atoms with Crippen LogP contribution in [0.15, 0.2) is 47.6 Å². The predicted octanol–water partition coefficient (Wildman–Crippen LogP) is 4.98. The van der Waals surface area contributed by atoms with Crippen LogP contribution in [-0.2, 0) is 0 Å². The molecule has 180 valence electrons. The Morgan fingerprint density at radius 2 is 1.65 bits per heavy atom. The number of aromatic nitrogens is 1. The molecule has 0 atom stereocenters. The van der Waals surface area contributed by atoms with Crippen molar-refractivity contribution < 1.29 is 8.78 Å². The Labute approximate surface area is 199 Å². The van der Waals surface area contributed by atoms with Crippen molar-refractivity contribution in [2.45, 2.75) is 44.4 Å². The molecule has 4 N–H and O–H groups in total. The number of hydrogen-bond donors (Lipinski definition) is 2. The highest BCUT2D eigenvalue weighted by Crippen LogP contribution is 2.54. The van der Waals surface area contributed by atoms with E-state index < -0.39 is 5.92 Å². The van der Waals surface area contributed by atoms with Gasteiger partial charge in [0.2, 0.25) is 0 Å². The summed E-state index contributed by atoms with van der Waals surface area (Å²) in [6, 6.07) is 11.4. The number of piperidine rings is 2. The summed E-state index contributed by atoms with van der Waals surface area (Å²) < 4.78 is 27.1. The number of allylic oxidation sites excluding steroid dienone is 1. The molecule has 3 fully saturated rings. The highest BCUT2D eigenvalue weighted by molar-refractivity contribution is 6.10. The summed E-state index contributed by atoms with van der Waals surface area (Å²) in [5, 5.41) is 0. The Morgan fingerprint density at radius 1 is 0.941 bits per heavy atom. The maximum absolute atomic E-state index is 13.5. The van der Waals surface area contributed by atoms with Gasteiger partial charge in [-0.1, -0.05) is 6.07 Å². The molecule has 0 amide bonds. The second-order valence-electron chi connectivity index (χ2n) is 9.84. The molecular formula is C26H32F2N6. The van der Waals surface area contributed by atoms with E-state index in [0.29, 0.717) is 22.5 Å². The lowest BCUT2D eigenvalue weighted by molar-refractivity contribution is -0.0221. The van der Waals surface area contributed by atoms with Gasteiger partial charge in [0.05, 0.1) is 17.1 Å². The Kier molecular flexibility index (Phi) is 5.91. The number of anilines is 3.